The highest BCUT2D eigenvalue weighted by atomic mass is 79.9. The summed E-state index contributed by atoms with van der Waals surface area (Å²) in [6.07, 6.45) is 5.90. The van der Waals surface area contributed by atoms with E-state index in [2.05, 4.69) is 31.5 Å². The Morgan fingerprint density at radius 3 is 2.94 bits per heavy atom. The number of rotatable bonds is 1. The predicted molar refractivity (Wildman–Crippen MR) is 70.9 cm³/mol. The number of aromatic nitrogens is 2. The molecule has 3 nitrogen and oxygen atoms in total. The Labute approximate surface area is 109 Å². The van der Waals surface area contributed by atoms with E-state index in [1.807, 2.05) is 18.5 Å². The first-order chi connectivity index (χ1) is 8.25. The van der Waals surface area contributed by atoms with Crippen LogP contribution in [0.1, 0.15) is 31.7 Å². The third-order valence-electron chi connectivity index (χ3n) is 3.59. The molecular formula is C13H15BrN2O. The van der Waals surface area contributed by atoms with E-state index in [4.69, 9.17) is 0 Å². The topological polar surface area (TPSA) is 38.0 Å². The minimum Gasteiger partial charge on any atom is -0.391 e. The van der Waals surface area contributed by atoms with Gasteiger partial charge in [0.15, 0.2) is 0 Å². The van der Waals surface area contributed by atoms with Gasteiger partial charge >= 0.3 is 0 Å². The molecule has 17 heavy (non-hydrogen) atoms. The molecule has 0 radical (unpaired) electrons. The fraction of sp³-hybridized carbons (Fsp3) is 0.462. The number of hydrogen-bond acceptors (Lipinski definition) is 2. The third kappa shape index (κ3) is 2.00. The standard InChI is InChI=1S/C13H15BrN2O/c14-9-5-6-11-10(7-9)15-8-16(11)12-3-1-2-4-13(12)17/h5-8,12-13,17H,1-4H2/t12-,13-/m0/s1. The second-order valence-electron chi connectivity index (χ2n) is 4.70. The van der Waals surface area contributed by atoms with Gasteiger partial charge in [-0.15, -0.1) is 0 Å². The average Bonchev–Trinajstić information content (AvgIpc) is 2.72. The highest BCUT2D eigenvalue weighted by Crippen LogP contribution is 2.31. The number of fused-ring (bicyclic) bond motifs is 1. The Kier molecular flexibility index (Phi) is 2.92. The number of benzene rings is 1. The van der Waals surface area contributed by atoms with Gasteiger partial charge in [0.05, 0.1) is 29.5 Å². The Morgan fingerprint density at radius 1 is 1.29 bits per heavy atom. The van der Waals surface area contributed by atoms with Gasteiger partial charge in [0.1, 0.15) is 0 Å². The van der Waals surface area contributed by atoms with Gasteiger partial charge in [-0.3, -0.25) is 0 Å². The van der Waals surface area contributed by atoms with Crippen LogP contribution in [-0.4, -0.2) is 20.8 Å². The molecule has 1 N–H and O–H groups in total. The molecule has 0 spiro atoms. The van der Waals surface area contributed by atoms with Gasteiger partial charge in [-0.1, -0.05) is 28.8 Å². The minimum absolute atomic E-state index is 0.190. The van der Waals surface area contributed by atoms with E-state index in [0.29, 0.717) is 0 Å². The molecule has 3 rings (SSSR count). The monoisotopic (exact) mass is 294 g/mol. The van der Waals surface area contributed by atoms with Crippen molar-refractivity contribution < 1.29 is 5.11 Å². The zero-order chi connectivity index (χ0) is 11.8. The second-order valence-corrected chi connectivity index (χ2v) is 5.62. The van der Waals surface area contributed by atoms with Crippen LogP contribution in [0.15, 0.2) is 29.0 Å². The summed E-state index contributed by atoms with van der Waals surface area (Å²) < 4.78 is 3.17. The Morgan fingerprint density at radius 2 is 2.12 bits per heavy atom. The van der Waals surface area contributed by atoms with E-state index in [1.165, 1.54) is 6.42 Å². The van der Waals surface area contributed by atoms with E-state index in [0.717, 1.165) is 34.8 Å². The van der Waals surface area contributed by atoms with Crippen LogP contribution < -0.4 is 0 Å². The molecule has 4 heteroatoms. The number of halogens is 1. The van der Waals surface area contributed by atoms with E-state index in [9.17, 15) is 5.11 Å². The first-order valence-electron chi connectivity index (χ1n) is 6.06. The summed E-state index contributed by atoms with van der Waals surface area (Å²) in [4.78, 5) is 4.41. The number of aliphatic hydroxyl groups is 1. The molecule has 1 aliphatic carbocycles. The highest BCUT2D eigenvalue weighted by Gasteiger charge is 2.25. The molecule has 1 aromatic carbocycles. The lowest BCUT2D eigenvalue weighted by Crippen LogP contribution is -2.27. The molecule has 0 amide bonds. The minimum atomic E-state index is -0.232. The number of imidazole rings is 1. The predicted octanol–water partition coefficient (Wildman–Crippen LogP) is 3.27. The van der Waals surface area contributed by atoms with E-state index < -0.39 is 0 Å². The van der Waals surface area contributed by atoms with E-state index in [-0.39, 0.29) is 12.1 Å². The van der Waals surface area contributed by atoms with Crippen molar-refractivity contribution in [3.05, 3.63) is 29.0 Å². The highest BCUT2D eigenvalue weighted by molar-refractivity contribution is 9.10. The smallest absolute Gasteiger partial charge is 0.0961 e. The van der Waals surface area contributed by atoms with Crippen molar-refractivity contribution >= 4 is 27.0 Å². The average molecular weight is 295 g/mol. The van der Waals surface area contributed by atoms with E-state index >= 15 is 0 Å². The fourth-order valence-corrected chi connectivity index (χ4v) is 3.03. The van der Waals surface area contributed by atoms with Gasteiger partial charge in [0.25, 0.3) is 0 Å². The number of hydrogen-bond donors (Lipinski definition) is 1. The first kappa shape index (κ1) is 11.2. The van der Waals surface area contributed by atoms with Crippen LogP contribution >= 0.6 is 15.9 Å². The van der Waals surface area contributed by atoms with Gasteiger partial charge in [-0.25, -0.2) is 4.98 Å². The van der Waals surface area contributed by atoms with Crippen molar-refractivity contribution in [2.75, 3.05) is 0 Å². The molecule has 1 fully saturated rings. The molecule has 0 bridgehead atoms. The van der Waals surface area contributed by atoms with Crippen molar-refractivity contribution in [2.24, 2.45) is 0 Å². The van der Waals surface area contributed by atoms with Gasteiger partial charge in [-0.05, 0) is 31.0 Å². The normalized spacial score (nSPS) is 25.3. The number of aliphatic hydroxyl groups excluding tert-OH is 1. The van der Waals surface area contributed by atoms with Crippen molar-refractivity contribution in [1.29, 1.82) is 0 Å². The second kappa shape index (κ2) is 4.42. The maximum absolute atomic E-state index is 10.1. The Balaban J connectivity index is 2.05. The van der Waals surface area contributed by atoms with Crippen LogP contribution in [0.5, 0.6) is 0 Å². The Bertz CT molecular complexity index is 537. The van der Waals surface area contributed by atoms with Crippen molar-refractivity contribution in [2.45, 2.75) is 37.8 Å². The molecular weight excluding hydrogens is 280 g/mol. The van der Waals surface area contributed by atoms with Crippen molar-refractivity contribution in [1.82, 2.24) is 9.55 Å². The molecule has 0 saturated heterocycles. The zero-order valence-corrected chi connectivity index (χ0v) is 11.1. The van der Waals surface area contributed by atoms with E-state index in [1.54, 1.807) is 0 Å². The third-order valence-corrected chi connectivity index (χ3v) is 4.08. The van der Waals surface area contributed by atoms with Crippen LogP contribution in [-0.2, 0) is 0 Å². The summed E-state index contributed by atoms with van der Waals surface area (Å²) in [5.41, 5.74) is 2.09. The molecule has 1 saturated carbocycles. The molecule has 1 aromatic heterocycles. The van der Waals surface area contributed by atoms with Gasteiger partial charge in [0, 0.05) is 4.47 Å². The molecule has 2 atom stereocenters. The first-order valence-corrected chi connectivity index (χ1v) is 6.85. The van der Waals surface area contributed by atoms with Crippen LogP contribution in [0, 0.1) is 0 Å². The number of nitrogens with zero attached hydrogens (tertiary/aromatic N) is 2. The zero-order valence-electron chi connectivity index (χ0n) is 9.51. The lowest BCUT2D eigenvalue weighted by molar-refractivity contribution is 0.0773. The maximum Gasteiger partial charge on any atom is 0.0961 e. The van der Waals surface area contributed by atoms with Gasteiger partial charge in [0.2, 0.25) is 0 Å². The van der Waals surface area contributed by atoms with Crippen molar-refractivity contribution in [3.63, 3.8) is 0 Å². The summed E-state index contributed by atoms with van der Waals surface area (Å²) in [6.45, 7) is 0. The molecule has 1 aliphatic rings. The quantitative estimate of drug-likeness (QED) is 0.876. The molecule has 1 heterocycles. The largest absolute Gasteiger partial charge is 0.391 e. The molecule has 90 valence electrons. The SMILES string of the molecule is O[C@H]1CCCC[C@@H]1n1cnc2cc(Br)ccc21. The van der Waals surface area contributed by atoms with Crippen LogP contribution in [0.4, 0.5) is 0 Å². The lowest BCUT2D eigenvalue weighted by Gasteiger charge is -2.29. The molecule has 2 aromatic rings. The lowest BCUT2D eigenvalue weighted by atomic mass is 9.92. The van der Waals surface area contributed by atoms with Crippen molar-refractivity contribution in [3.8, 4) is 0 Å². The summed E-state index contributed by atoms with van der Waals surface area (Å²) in [6, 6.07) is 6.29. The summed E-state index contributed by atoms with van der Waals surface area (Å²) in [7, 11) is 0. The van der Waals surface area contributed by atoms with Gasteiger partial charge < -0.3 is 9.67 Å². The van der Waals surface area contributed by atoms with Gasteiger partial charge in [-0.2, -0.15) is 0 Å². The summed E-state index contributed by atoms with van der Waals surface area (Å²) in [5.74, 6) is 0. The summed E-state index contributed by atoms with van der Waals surface area (Å²) in [5, 5.41) is 10.1. The van der Waals surface area contributed by atoms with Crippen LogP contribution in [0.2, 0.25) is 0 Å². The van der Waals surface area contributed by atoms with Crippen LogP contribution in [0.25, 0.3) is 11.0 Å². The molecule has 0 unspecified atom stereocenters. The maximum atomic E-state index is 10.1. The summed E-state index contributed by atoms with van der Waals surface area (Å²) >= 11 is 3.45. The Hall–Kier alpha value is -0.870. The molecule has 0 aliphatic heterocycles. The fourth-order valence-electron chi connectivity index (χ4n) is 2.69. The van der Waals surface area contributed by atoms with Crippen LogP contribution in [0.3, 0.4) is 0 Å².